The molecule has 5 rings (SSSR count). The van der Waals surface area contributed by atoms with Crippen LogP contribution in [0.4, 0.5) is 5.82 Å². The summed E-state index contributed by atoms with van der Waals surface area (Å²) in [5.41, 5.74) is 5.05. The van der Waals surface area contributed by atoms with E-state index >= 15 is 0 Å². The van der Waals surface area contributed by atoms with E-state index < -0.39 is 10.0 Å². The molecule has 0 bridgehead atoms. The van der Waals surface area contributed by atoms with Crippen LogP contribution in [0.15, 0.2) is 84.1 Å². The van der Waals surface area contributed by atoms with Crippen molar-refractivity contribution in [2.45, 2.75) is 13.8 Å². The predicted molar refractivity (Wildman–Crippen MR) is 165 cm³/mol. The second-order valence-electron chi connectivity index (χ2n) is 8.42. The van der Waals surface area contributed by atoms with E-state index in [1.165, 1.54) is 35.6 Å². The maximum atomic E-state index is 12.3. The molecule has 3 heterocycles. The molecule has 7 nitrogen and oxygen atoms in total. The zero-order valence-corrected chi connectivity index (χ0v) is 25.1. The number of sulfonamides is 1. The molecule has 204 valence electrons. The SMILES string of the molecule is Cc1ccc(-c2c(Cl)ncnc2Cl)cc1.Cc1ccc(-c2c(Cl)ncnc2NS(=O)(=O)/C=C/c2cccs2)cc1. The molecule has 40 heavy (non-hydrogen) atoms. The topological polar surface area (TPSA) is 97.7 Å². The summed E-state index contributed by atoms with van der Waals surface area (Å²) < 4.78 is 27.2. The van der Waals surface area contributed by atoms with E-state index in [1.54, 1.807) is 0 Å². The average Bonchev–Trinajstić information content (AvgIpc) is 3.44. The molecule has 0 spiro atoms. The van der Waals surface area contributed by atoms with Gasteiger partial charge in [0.2, 0.25) is 0 Å². The largest absolute Gasteiger partial charge is 0.263 e. The Hall–Kier alpha value is -3.34. The number of hydrogen-bond donors (Lipinski definition) is 1. The van der Waals surface area contributed by atoms with Crippen LogP contribution in [0.1, 0.15) is 16.0 Å². The van der Waals surface area contributed by atoms with E-state index in [9.17, 15) is 8.42 Å². The number of aromatic nitrogens is 4. The van der Waals surface area contributed by atoms with E-state index in [0.29, 0.717) is 21.4 Å². The molecule has 0 radical (unpaired) electrons. The van der Waals surface area contributed by atoms with Gasteiger partial charge in [0.05, 0.1) is 16.5 Å². The van der Waals surface area contributed by atoms with Crippen molar-refractivity contribution >= 4 is 68.1 Å². The molecule has 12 heteroatoms. The molecule has 0 aliphatic heterocycles. The van der Waals surface area contributed by atoms with Crippen LogP contribution in [-0.4, -0.2) is 28.4 Å². The third kappa shape index (κ3) is 7.87. The molecule has 2 aromatic carbocycles. The first-order valence-electron chi connectivity index (χ1n) is 11.7. The molecule has 1 N–H and O–H groups in total. The van der Waals surface area contributed by atoms with Crippen LogP contribution in [0.5, 0.6) is 0 Å². The Balaban J connectivity index is 0.000000210. The van der Waals surface area contributed by atoms with Gasteiger partial charge in [-0.15, -0.1) is 11.3 Å². The van der Waals surface area contributed by atoms with Gasteiger partial charge in [0.1, 0.15) is 28.1 Å². The van der Waals surface area contributed by atoms with E-state index in [2.05, 4.69) is 24.7 Å². The summed E-state index contributed by atoms with van der Waals surface area (Å²) in [6.45, 7) is 3.99. The summed E-state index contributed by atoms with van der Waals surface area (Å²) in [6.07, 6.45) is 4.10. The number of thiophene rings is 1. The number of rotatable bonds is 6. The number of aryl methyl sites for hydroxylation is 2. The fraction of sp³-hybridized carbons (Fsp3) is 0.0714. The van der Waals surface area contributed by atoms with Crippen LogP contribution in [0.3, 0.4) is 0 Å². The summed E-state index contributed by atoms with van der Waals surface area (Å²) >= 11 is 19.6. The first-order chi connectivity index (χ1) is 19.1. The molecule has 0 saturated carbocycles. The van der Waals surface area contributed by atoms with Crippen molar-refractivity contribution in [1.82, 2.24) is 19.9 Å². The van der Waals surface area contributed by atoms with Crippen LogP contribution in [0.2, 0.25) is 15.5 Å². The van der Waals surface area contributed by atoms with Crippen molar-refractivity contribution in [3.05, 3.63) is 116 Å². The zero-order valence-electron chi connectivity index (χ0n) is 21.2. The average molecular weight is 631 g/mol. The Bertz CT molecular complexity index is 1710. The van der Waals surface area contributed by atoms with Crippen LogP contribution in [0, 0.1) is 13.8 Å². The molecular weight excluding hydrogens is 609 g/mol. The Morgan fingerprint density at radius 2 is 1.23 bits per heavy atom. The van der Waals surface area contributed by atoms with Gasteiger partial charge in [-0.25, -0.2) is 28.4 Å². The second-order valence-corrected chi connectivity index (χ2v) is 12.0. The fourth-order valence-electron chi connectivity index (χ4n) is 3.43. The van der Waals surface area contributed by atoms with Gasteiger partial charge in [-0.2, -0.15) is 0 Å². The van der Waals surface area contributed by atoms with Gasteiger partial charge < -0.3 is 0 Å². The van der Waals surface area contributed by atoms with Crippen molar-refractivity contribution in [2.24, 2.45) is 0 Å². The van der Waals surface area contributed by atoms with Gasteiger partial charge in [-0.05, 0) is 42.5 Å². The van der Waals surface area contributed by atoms with Gasteiger partial charge in [0, 0.05) is 4.88 Å². The molecule has 0 amide bonds. The third-order valence-corrected chi connectivity index (χ3v) is 8.10. The molecule has 0 unspecified atom stereocenters. The van der Waals surface area contributed by atoms with Crippen molar-refractivity contribution in [3.63, 3.8) is 0 Å². The minimum atomic E-state index is -3.74. The van der Waals surface area contributed by atoms with Gasteiger partial charge >= 0.3 is 0 Å². The first-order valence-corrected chi connectivity index (χ1v) is 15.2. The van der Waals surface area contributed by atoms with Crippen molar-refractivity contribution in [3.8, 4) is 22.3 Å². The second kappa shape index (κ2) is 13.3. The molecular formula is C28H22Cl3N5O2S2. The number of hydrogen-bond acceptors (Lipinski definition) is 7. The summed E-state index contributed by atoms with van der Waals surface area (Å²) in [5.74, 6) is 0.139. The number of benzene rings is 2. The highest BCUT2D eigenvalue weighted by Gasteiger charge is 2.16. The minimum absolute atomic E-state index is 0.139. The lowest BCUT2D eigenvalue weighted by atomic mass is 10.1. The summed E-state index contributed by atoms with van der Waals surface area (Å²) in [7, 11) is -3.74. The lowest BCUT2D eigenvalue weighted by Gasteiger charge is -2.11. The molecule has 5 aromatic rings. The zero-order chi connectivity index (χ0) is 28.7. The van der Waals surface area contributed by atoms with E-state index in [4.69, 9.17) is 34.8 Å². The maximum Gasteiger partial charge on any atom is 0.256 e. The van der Waals surface area contributed by atoms with Crippen LogP contribution >= 0.6 is 46.1 Å². The number of anilines is 1. The minimum Gasteiger partial charge on any atom is -0.263 e. The van der Waals surface area contributed by atoms with E-state index in [1.807, 2.05) is 79.9 Å². The molecule has 0 saturated heterocycles. The fourth-order valence-corrected chi connectivity index (χ4v) is 5.73. The van der Waals surface area contributed by atoms with Crippen LogP contribution < -0.4 is 4.72 Å². The first kappa shape index (κ1) is 29.6. The van der Waals surface area contributed by atoms with E-state index in [0.717, 1.165) is 27.0 Å². The van der Waals surface area contributed by atoms with Crippen LogP contribution in [-0.2, 0) is 10.0 Å². The van der Waals surface area contributed by atoms with Gasteiger partial charge in [-0.3, -0.25) is 4.72 Å². The van der Waals surface area contributed by atoms with Gasteiger partial charge in [-0.1, -0.05) is 101 Å². The Kier molecular flexibility index (Phi) is 9.89. The Morgan fingerprint density at radius 3 is 1.75 bits per heavy atom. The Morgan fingerprint density at radius 1 is 0.725 bits per heavy atom. The number of halogens is 3. The monoisotopic (exact) mass is 629 g/mol. The predicted octanol–water partition coefficient (Wildman–Crippen LogP) is 8.34. The molecule has 3 aromatic heterocycles. The highest BCUT2D eigenvalue weighted by Crippen LogP contribution is 2.33. The summed E-state index contributed by atoms with van der Waals surface area (Å²) in [6, 6.07) is 19.1. The number of nitrogens with zero attached hydrogens (tertiary/aromatic N) is 4. The number of nitrogens with one attached hydrogen (secondary N) is 1. The lowest BCUT2D eigenvalue weighted by Crippen LogP contribution is -2.11. The smallest absolute Gasteiger partial charge is 0.256 e. The molecule has 0 aliphatic rings. The van der Waals surface area contributed by atoms with Crippen LogP contribution in [0.25, 0.3) is 28.3 Å². The van der Waals surface area contributed by atoms with Crippen molar-refractivity contribution in [1.29, 1.82) is 0 Å². The maximum absolute atomic E-state index is 12.3. The van der Waals surface area contributed by atoms with Crippen molar-refractivity contribution < 1.29 is 8.42 Å². The molecule has 0 atom stereocenters. The summed E-state index contributed by atoms with van der Waals surface area (Å²) in [5, 5.41) is 3.91. The quantitative estimate of drug-likeness (QED) is 0.189. The third-order valence-electron chi connectivity index (χ3n) is 5.43. The van der Waals surface area contributed by atoms with Gasteiger partial charge in [0.25, 0.3) is 10.0 Å². The van der Waals surface area contributed by atoms with E-state index in [-0.39, 0.29) is 11.0 Å². The standard InChI is InChI=1S/C17H14ClN3O2S2.C11H8Cl2N2/c1-12-4-6-13(7-5-12)15-16(18)19-11-20-17(15)21-25(22,23)10-8-14-3-2-9-24-14;1-7-2-4-8(5-3-7)9-10(12)14-6-15-11(9)13/h2-11H,1H3,(H,19,20,21);2-6H,1H3/b10-8+;. The highest BCUT2D eigenvalue weighted by atomic mass is 35.5. The van der Waals surface area contributed by atoms with Crippen molar-refractivity contribution in [2.75, 3.05) is 4.72 Å². The normalized spacial score (nSPS) is 11.2. The highest BCUT2D eigenvalue weighted by molar-refractivity contribution is 7.95. The Labute approximate surface area is 251 Å². The lowest BCUT2D eigenvalue weighted by molar-refractivity contribution is 0.609. The van der Waals surface area contributed by atoms with Gasteiger partial charge in [0.15, 0.2) is 5.82 Å². The molecule has 0 fully saturated rings. The molecule has 0 aliphatic carbocycles. The summed E-state index contributed by atoms with van der Waals surface area (Å²) in [4.78, 5) is 16.7.